The molecule has 0 aliphatic carbocycles. The van der Waals surface area contributed by atoms with Crippen LogP contribution in [-0.2, 0) is 0 Å². The van der Waals surface area contributed by atoms with E-state index in [-0.39, 0.29) is 0 Å². The third-order valence-corrected chi connectivity index (χ3v) is 0. The predicted molar refractivity (Wildman–Crippen MR) is 31.8 cm³/mol. The highest BCUT2D eigenvalue weighted by molar-refractivity contribution is 5.95. The number of rotatable bonds is 0. The van der Waals surface area contributed by atoms with E-state index in [0.29, 0.717) is 10.5 Å². The summed E-state index contributed by atoms with van der Waals surface area (Å²) in [7, 11) is 6.31. The van der Waals surface area contributed by atoms with Crippen LogP contribution in [0, 0.1) is 0 Å². The Morgan fingerprint density at radius 1 is 1.17 bits per heavy atom. The van der Waals surface area contributed by atoms with Gasteiger partial charge in [-0.05, 0) is 21.1 Å². The molecule has 6 heavy (non-hydrogen) atoms. The van der Waals surface area contributed by atoms with E-state index >= 15 is 0 Å². The summed E-state index contributed by atoms with van der Waals surface area (Å²) in [5, 5.41) is 0. The van der Waals surface area contributed by atoms with E-state index in [1.54, 1.807) is 0 Å². The molecule has 0 aromatic heterocycles. The van der Waals surface area contributed by atoms with Gasteiger partial charge in [-0.1, -0.05) is 0 Å². The van der Waals surface area contributed by atoms with Crippen molar-refractivity contribution in [2.75, 3.05) is 21.1 Å². The Bertz CT molecular complexity index is 15.5. The van der Waals surface area contributed by atoms with Crippen molar-refractivity contribution in [1.82, 2.24) is 4.90 Å². The van der Waals surface area contributed by atoms with Gasteiger partial charge in [-0.15, -0.1) is 0 Å². The molecule has 0 aromatic carbocycles. The van der Waals surface area contributed by atoms with Crippen LogP contribution < -0.4 is 0 Å². The third kappa shape index (κ3) is 2170. The zero-order chi connectivity index (χ0) is 5.58. The highest BCUT2D eigenvalue weighted by Gasteiger charge is 1.58. The fourth-order valence-electron chi connectivity index (χ4n) is 0. The summed E-state index contributed by atoms with van der Waals surface area (Å²) in [6, 6.07) is 0. The van der Waals surface area contributed by atoms with Gasteiger partial charge in [-0.2, -0.15) is 0 Å². The van der Waals surface area contributed by atoms with Gasteiger partial charge in [0.05, 0.1) is 0 Å². The molecule has 0 heterocycles. The van der Waals surface area contributed by atoms with Crippen LogP contribution in [0.1, 0.15) is 0 Å². The predicted octanol–water partition coefficient (Wildman–Crippen LogP) is -1.56. The van der Waals surface area contributed by atoms with E-state index in [9.17, 15) is 0 Å². The first kappa shape index (κ1) is 9.46. The van der Waals surface area contributed by atoms with E-state index in [1.165, 1.54) is 0 Å². The smallest absolute Gasteiger partial charge is 0.141 e. The van der Waals surface area contributed by atoms with Crippen molar-refractivity contribution in [2.45, 2.75) is 0 Å². The third-order valence-electron chi connectivity index (χ3n) is 0. The second kappa shape index (κ2) is 8.93. The zero-order valence-corrected chi connectivity index (χ0v) is 6.89. The molecule has 0 saturated carbocycles. The largest absolute Gasteiger partial charge is 0.442 e. The van der Waals surface area contributed by atoms with Crippen LogP contribution in [0.15, 0.2) is 0 Å². The van der Waals surface area contributed by atoms with Gasteiger partial charge in [0, 0.05) is 0 Å². The minimum Gasteiger partial charge on any atom is -0.442 e. The first-order chi connectivity index (χ1) is 2.73. The topological polar surface area (TPSA) is 23.5 Å². The summed E-state index contributed by atoms with van der Waals surface area (Å²) in [5.41, 5.74) is 0. The lowest BCUT2D eigenvalue weighted by Crippen LogP contribution is -1.99. The molecule has 0 atom stereocenters. The average molecular weight is 107 g/mol. The Kier molecular flexibility index (Phi) is 14.1. The van der Waals surface area contributed by atoms with Gasteiger partial charge in [0.2, 0.25) is 0 Å². The van der Waals surface area contributed by atoms with E-state index in [4.69, 9.17) is 4.80 Å². The summed E-state index contributed by atoms with van der Waals surface area (Å²) in [4.78, 5) is 9.14. The molecule has 0 unspecified atom stereocenters. The summed E-state index contributed by atoms with van der Waals surface area (Å²) in [6.45, 7) is 0. The fraction of sp³-hybridized carbons (Fsp3) is 1.00. The lowest BCUT2D eigenvalue weighted by molar-refractivity contribution is 0.505. The summed E-state index contributed by atoms with van der Waals surface area (Å²) < 4.78 is 0. The molecular formula is C3H13NOSi. The standard InChI is InChI=1S/C3H9N.H4OSi/c1-4(2)3;1-2/h1-3H3;1H,2H3. The summed E-state index contributed by atoms with van der Waals surface area (Å²) in [5.74, 6) is 0. The van der Waals surface area contributed by atoms with Crippen LogP contribution in [0.5, 0.6) is 0 Å². The Labute approximate surface area is 42.3 Å². The van der Waals surface area contributed by atoms with Crippen LogP contribution in [0.2, 0.25) is 0 Å². The van der Waals surface area contributed by atoms with Gasteiger partial charge in [-0.3, -0.25) is 0 Å². The Hall–Kier alpha value is 0.137. The molecule has 0 aliphatic heterocycles. The molecule has 0 rings (SSSR count). The van der Waals surface area contributed by atoms with E-state index < -0.39 is 0 Å². The molecule has 0 spiro atoms. The number of hydrogen-bond acceptors (Lipinski definition) is 2. The van der Waals surface area contributed by atoms with E-state index in [2.05, 4.69) is 0 Å². The SMILES string of the molecule is CN(C)C.O[SiH3]. The highest BCUT2D eigenvalue weighted by atomic mass is 28.2. The van der Waals surface area contributed by atoms with Gasteiger partial charge >= 0.3 is 0 Å². The van der Waals surface area contributed by atoms with Crippen LogP contribution in [0.3, 0.4) is 0 Å². The quantitative estimate of drug-likeness (QED) is 0.378. The molecular weight excluding hydrogens is 94.1 g/mol. The Balaban J connectivity index is 0. The summed E-state index contributed by atoms with van der Waals surface area (Å²) in [6.07, 6.45) is 0. The van der Waals surface area contributed by atoms with Gasteiger partial charge in [0.1, 0.15) is 10.5 Å². The maximum atomic E-state index is 7.14. The van der Waals surface area contributed by atoms with Crippen molar-refractivity contribution in [1.29, 1.82) is 0 Å². The Morgan fingerprint density at radius 2 is 1.17 bits per heavy atom. The molecule has 1 N–H and O–H groups in total. The number of nitrogens with zero attached hydrogens (tertiary/aromatic N) is 1. The van der Waals surface area contributed by atoms with Gasteiger partial charge in [-0.25, -0.2) is 0 Å². The van der Waals surface area contributed by atoms with Crippen molar-refractivity contribution in [3.8, 4) is 0 Å². The molecule has 2 nitrogen and oxygen atoms in total. The minimum absolute atomic E-state index is 0.306. The molecule has 0 aromatic rings. The van der Waals surface area contributed by atoms with Crippen LogP contribution in [0.4, 0.5) is 0 Å². The highest BCUT2D eigenvalue weighted by Crippen LogP contribution is 1.47. The van der Waals surface area contributed by atoms with Crippen molar-refractivity contribution < 1.29 is 4.80 Å². The van der Waals surface area contributed by atoms with Gasteiger partial charge in [0.15, 0.2) is 0 Å². The fourth-order valence-corrected chi connectivity index (χ4v) is 0. The van der Waals surface area contributed by atoms with Crippen LogP contribution >= 0.6 is 0 Å². The zero-order valence-electron chi connectivity index (χ0n) is 4.89. The van der Waals surface area contributed by atoms with E-state index in [0.717, 1.165) is 0 Å². The van der Waals surface area contributed by atoms with Crippen molar-refractivity contribution in [3.63, 3.8) is 0 Å². The second-order valence-corrected chi connectivity index (χ2v) is 1.34. The minimum atomic E-state index is 0.306. The van der Waals surface area contributed by atoms with Crippen molar-refractivity contribution in [3.05, 3.63) is 0 Å². The van der Waals surface area contributed by atoms with Crippen LogP contribution in [-0.4, -0.2) is 41.3 Å². The lowest BCUT2D eigenvalue weighted by Gasteiger charge is -1.90. The molecule has 0 radical (unpaired) electrons. The van der Waals surface area contributed by atoms with E-state index in [1.807, 2.05) is 26.0 Å². The molecule has 0 aliphatic rings. The van der Waals surface area contributed by atoms with Crippen LogP contribution in [0.25, 0.3) is 0 Å². The van der Waals surface area contributed by atoms with Gasteiger partial charge in [0.25, 0.3) is 0 Å². The van der Waals surface area contributed by atoms with Crippen molar-refractivity contribution >= 4 is 10.5 Å². The number of hydrogen-bond donors (Lipinski definition) is 1. The van der Waals surface area contributed by atoms with Crippen molar-refractivity contribution in [2.24, 2.45) is 0 Å². The average Bonchev–Trinajstić information content (AvgIpc) is 1.41. The molecule has 40 valence electrons. The summed E-state index contributed by atoms with van der Waals surface area (Å²) >= 11 is 0. The molecule has 0 fully saturated rings. The monoisotopic (exact) mass is 107 g/mol. The van der Waals surface area contributed by atoms with Gasteiger partial charge < -0.3 is 9.70 Å². The second-order valence-electron chi connectivity index (χ2n) is 1.34. The maximum Gasteiger partial charge on any atom is 0.141 e. The molecule has 0 saturated heterocycles. The normalized spacial score (nSPS) is 7.50. The first-order valence-electron chi connectivity index (χ1n) is 1.79. The molecule has 3 heteroatoms. The first-order valence-corrected chi connectivity index (χ1v) is 2.68. The maximum absolute atomic E-state index is 7.14. The lowest BCUT2D eigenvalue weighted by atomic mass is 11.0. The Morgan fingerprint density at radius 3 is 1.17 bits per heavy atom. The molecule has 0 amide bonds. The molecule has 0 bridgehead atoms.